The molecule has 4 rings (SSSR count). The lowest BCUT2D eigenvalue weighted by atomic mass is 9.92. The smallest absolute Gasteiger partial charge is 0.411 e. The van der Waals surface area contributed by atoms with Crippen LogP contribution in [-0.4, -0.2) is 23.4 Å². The van der Waals surface area contributed by atoms with E-state index in [1.165, 1.54) is 6.07 Å². The van der Waals surface area contributed by atoms with Crippen LogP contribution in [0.2, 0.25) is 0 Å². The number of hydrogen-bond acceptors (Lipinski definition) is 4. The van der Waals surface area contributed by atoms with Crippen LogP contribution in [-0.2, 0) is 4.74 Å². The number of aromatic nitrogens is 1. The second-order valence-corrected chi connectivity index (χ2v) is 7.93. The van der Waals surface area contributed by atoms with Gasteiger partial charge in [0.05, 0.1) is 23.0 Å². The highest BCUT2D eigenvalue weighted by Gasteiger charge is 2.27. The zero-order chi connectivity index (χ0) is 22.1. The fourth-order valence-corrected chi connectivity index (χ4v) is 3.88. The number of carbonyl (C=O) groups is 1. The van der Waals surface area contributed by atoms with Crippen LogP contribution in [0.4, 0.5) is 25.0 Å². The number of rotatable bonds is 6. The van der Waals surface area contributed by atoms with Crippen LogP contribution in [0.25, 0.3) is 22.2 Å². The van der Waals surface area contributed by atoms with Crippen molar-refractivity contribution in [2.24, 2.45) is 0 Å². The highest BCUT2D eigenvalue weighted by molar-refractivity contribution is 6.01. The summed E-state index contributed by atoms with van der Waals surface area (Å²) in [6.07, 6.45) is 2.37. The molecular weight excluding hydrogens is 404 g/mol. The number of nitrogens with one attached hydrogen (secondary N) is 1. The van der Waals surface area contributed by atoms with Gasteiger partial charge in [-0.25, -0.2) is 4.79 Å². The minimum absolute atomic E-state index is 0.107. The minimum Gasteiger partial charge on any atom is -0.447 e. The summed E-state index contributed by atoms with van der Waals surface area (Å²) in [5.74, 6) is 0.107. The molecule has 0 atom stereocenters. The summed E-state index contributed by atoms with van der Waals surface area (Å²) < 4.78 is 37.3. The van der Waals surface area contributed by atoms with Crippen molar-refractivity contribution in [3.8, 4) is 17.0 Å². The first-order valence-corrected chi connectivity index (χ1v) is 10.3. The summed E-state index contributed by atoms with van der Waals surface area (Å²) in [5.41, 5.74) is 10.2. The van der Waals surface area contributed by atoms with E-state index in [1.807, 2.05) is 12.1 Å². The van der Waals surface area contributed by atoms with E-state index in [-0.39, 0.29) is 17.9 Å². The molecule has 0 bridgehead atoms. The number of benzene rings is 2. The molecule has 0 unspecified atom stereocenters. The lowest BCUT2D eigenvalue weighted by Gasteiger charge is -2.30. The molecule has 31 heavy (non-hydrogen) atoms. The van der Waals surface area contributed by atoms with Crippen LogP contribution in [0.15, 0.2) is 42.5 Å². The molecule has 1 aliphatic carbocycles. The number of anilines is 2. The fourth-order valence-electron chi connectivity index (χ4n) is 3.88. The maximum Gasteiger partial charge on any atom is 0.411 e. The summed E-state index contributed by atoms with van der Waals surface area (Å²) in [6.45, 7) is 0.675. The molecule has 0 aliphatic heterocycles. The molecule has 1 heterocycles. The molecule has 164 valence electrons. The van der Waals surface area contributed by atoms with Gasteiger partial charge >= 0.3 is 12.7 Å². The number of fused-ring (bicyclic) bond motifs is 1. The summed E-state index contributed by atoms with van der Waals surface area (Å²) in [6, 6.07) is 12.4. The number of carbonyl (C=O) groups excluding carboxylic acids is 1. The second-order valence-electron chi connectivity index (χ2n) is 7.93. The summed E-state index contributed by atoms with van der Waals surface area (Å²) >= 11 is 0. The SMILES string of the molecule is CC(C)OC(=O)Nc1ccc(-c2c(N)c3ccc(OC(F)F)cc3n2C2CCC2)cc1. The topological polar surface area (TPSA) is 78.5 Å². The molecular formula is C23H25F2N3O3. The number of alkyl halides is 2. The van der Waals surface area contributed by atoms with Crippen LogP contribution in [0.1, 0.15) is 39.2 Å². The fraction of sp³-hybridized carbons (Fsp3) is 0.348. The Morgan fingerprint density at radius 3 is 2.45 bits per heavy atom. The number of hydrogen-bond donors (Lipinski definition) is 2. The average molecular weight is 429 g/mol. The van der Waals surface area contributed by atoms with E-state index in [9.17, 15) is 13.6 Å². The van der Waals surface area contributed by atoms with Crippen molar-refractivity contribution < 1.29 is 23.0 Å². The van der Waals surface area contributed by atoms with Gasteiger partial charge in [-0.3, -0.25) is 5.32 Å². The number of nitrogens with two attached hydrogens (primary N) is 1. The van der Waals surface area contributed by atoms with Gasteiger partial charge in [-0.05, 0) is 57.4 Å². The van der Waals surface area contributed by atoms with E-state index in [2.05, 4.69) is 14.6 Å². The van der Waals surface area contributed by atoms with Crippen LogP contribution in [0.3, 0.4) is 0 Å². The van der Waals surface area contributed by atoms with Crippen LogP contribution in [0, 0.1) is 0 Å². The Balaban J connectivity index is 1.72. The third-order valence-corrected chi connectivity index (χ3v) is 5.43. The first-order chi connectivity index (χ1) is 14.8. The predicted octanol–water partition coefficient (Wildman–Crippen LogP) is 6.17. The molecule has 1 aromatic heterocycles. The monoisotopic (exact) mass is 429 g/mol. The molecule has 1 aliphatic rings. The third kappa shape index (κ3) is 4.28. The van der Waals surface area contributed by atoms with Gasteiger partial charge in [0.1, 0.15) is 5.75 Å². The quantitative estimate of drug-likeness (QED) is 0.491. The Kier molecular flexibility index (Phi) is 5.71. The van der Waals surface area contributed by atoms with Crippen molar-refractivity contribution in [3.63, 3.8) is 0 Å². The number of nitrogens with zero attached hydrogens (tertiary/aromatic N) is 1. The van der Waals surface area contributed by atoms with E-state index in [1.54, 1.807) is 38.1 Å². The standard InChI is InChI=1S/C23H25F2N3O3/c1-13(2)30-23(29)27-15-8-6-14(7-9-15)21-20(26)18-11-10-17(31-22(24)25)12-19(18)28(21)16-4-3-5-16/h6-13,16,22H,3-5,26H2,1-2H3,(H,27,29). The molecule has 1 amide bonds. The van der Waals surface area contributed by atoms with Gasteiger partial charge in [0.15, 0.2) is 0 Å². The van der Waals surface area contributed by atoms with Gasteiger partial charge < -0.3 is 19.8 Å². The number of ether oxygens (including phenoxy) is 2. The average Bonchev–Trinajstić information content (AvgIpc) is 2.92. The molecule has 1 fully saturated rings. The zero-order valence-electron chi connectivity index (χ0n) is 17.4. The van der Waals surface area contributed by atoms with E-state index in [4.69, 9.17) is 10.5 Å². The van der Waals surface area contributed by atoms with E-state index < -0.39 is 12.7 Å². The molecule has 2 aromatic carbocycles. The summed E-state index contributed by atoms with van der Waals surface area (Å²) in [4.78, 5) is 11.8. The Morgan fingerprint density at radius 1 is 1.16 bits per heavy atom. The van der Waals surface area contributed by atoms with Crippen molar-refractivity contribution in [2.45, 2.75) is 51.9 Å². The molecule has 0 spiro atoms. The molecule has 3 aromatic rings. The maximum atomic E-state index is 12.7. The van der Waals surface area contributed by atoms with Gasteiger partial charge in [0.25, 0.3) is 0 Å². The lowest BCUT2D eigenvalue weighted by Crippen LogP contribution is -2.18. The van der Waals surface area contributed by atoms with Gasteiger partial charge in [-0.2, -0.15) is 8.78 Å². The molecule has 0 saturated heterocycles. The van der Waals surface area contributed by atoms with Crippen LogP contribution >= 0.6 is 0 Å². The predicted molar refractivity (Wildman–Crippen MR) is 117 cm³/mol. The van der Waals surface area contributed by atoms with Gasteiger partial charge in [0, 0.05) is 28.7 Å². The molecule has 1 saturated carbocycles. The molecule has 0 radical (unpaired) electrons. The molecule has 3 N–H and O–H groups in total. The Bertz CT molecular complexity index is 1090. The van der Waals surface area contributed by atoms with Crippen LogP contribution in [0.5, 0.6) is 5.75 Å². The largest absolute Gasteiger partial charge is 0.447 e. The van der Waals surface area contributed by atoms with Crippen molar-refractivity contribution in [2.75, 3.05) is 11.1 Å². The maximum absolute atomic E-state index is 12.7. The number of amides is 1. The zero-order valence-corrected chi connectivity index (χ0v) is 17.4. The van der Waals surface area contributed by atoms with E-state index >= 15 is 0 Å². The first kappa shape index (κ1) is 21.0. The number of nitrogen functional groups attached to an aromatic ring is 1. The molecule has 6 nitrogen and oxygen atoms in total. The highest BCUT2D eigenvalue weighted by atomic mass is 19.3. The first-order valence-electron chi connectivity index (χ1n) is 10.3. The van der Waals surface area contributed by atoms with Crippen molar-refractivity contribution in [3.05, 3.63) is 42.5 Å². The lowest BCUT2D eigenvalue weighted by molar-refractivity contribution is -0.0497. The Morgan fingerprint density at radius 2 is 1.87 bits per heavy atom. The van der Waals surface area contributed by atoms with Gasteiger partial charge in [0.2, 0.25) is 0 Å². The third-order valence-electron chi connectivity index (χ3n) is 5.43. The minimum atomic E-state index is -2.89. The number of halogens is 2. The molecule has 8 heteroatoms. The summed E-state index contributed by atoms with van der Waals surface area (Å²) in [7, 11) is 0. The van der Waals surface area contributed by atoms with E-state index in [0.29, 0.717) is 11.4 Å². The van der Waals surface area contributed by atoms with Crippen molar-refractivity contribution >= 4 is 28.4 Å². The van der Waals surface area contributed by atoms with Gasteiger partial charge in [-0.15, -0.1) is 0 Å². The Hall–Kier alpha value is -3.29. The van der Waals surface area contributed by atoms with Crippen LogP contribution < -0.4 is 15.8 Å². The normalized spacial score (nSPS) is 14.1. The van der Waals surface area contributed by atoms with Gasteiger partial charge in [-0.1, -0.05) is 12.1 Å². The van der Waals surface area contributed by atoms with Crippen molar-refractivity contribution in [1.29, 1.82) is 0 Å². The van der Waals surface area contributed by atoms with Crippen molar-refractivity contribution in [1.82, 2.24) is 4.57 Å². The Labute approximate surface area is 178 Å². The second kappa shape index (κ2) is 8.45. The highest BCUT2D eigenvalue weighted by Crippen LogP contribution is 2.45. The summed E-state index contributed by atoms with van der Waals surface area (Å²) in [5, 5.41) is 3.49. The van der Waals surface area contributed by atoms with E-state index in [0.717, 1.165) is 41.4 Å².